The van der Waals surface area contributed by atoms with Crippen LogP contribution in [0.3, 0.4) is 0 Å². The van der Waals surface area contributed by atoms with Crippen molar-refractivity contribution in [1.82, 2.24) is 14.5 Å². The molecule has 1 saturated heterocycles. The minimum absolute atomic E-state index is 0.156. The largest absolute Gasteiger partial charge is 0.394 e. The first-order valence-corrected chi connectivity index (χ1v) is 10.9. The molecule has 4 rings (SSSR count). The van der Waals surface area contributed by atoms with Crippen molar-refractivity contribution in [3.63, 3.8) is 0 Å². The van der Waals surface area contributed by atoms with Gasteiger partial charge in [0.25, 0.3) is 12.1 Å². The molecule has 2 aromatic heterocycles. The Balaban J connectivity index is 0.000000623. The number of halogens is 3. The third-order valence-corrected chi connectivity index (χ3v) is 4.90. The van der Waals surface area contributed by atoms with Crippen molar-refractivity contribution in [1.29, 1.82) is 0 Å². The Labute approximate surface area is 197 Å². The number of ether oxygens (including phenoxy) is 1. The number of nitrogens with one attached hydrogen (secondary N) is 1. The van der Waals surface area contributed by atoms with Gasteiger partial charge in [0.15, 0.2) is 12.8 Å². The van der Waals surface area contributed by atoms with Gasteiger partial charge in [0.1, 0.15) is 36.3 Å². The Morgan fingerprint density at radius 3 is 2.46 bits per heavy atom. The molecule has 1 fully saturated rings. The van der Waals surface area contributed by atoms with Crippen molar-refractivity contribution in [3.8, 4) is 0 Å². The summed E-state index contributed by atoms with van der Waals surface area (Å²) in [6.07, 6.45) is -1.79. The molecule has 0 spiro atoms. The monoisotopic (exact) mass is 523 g/mol. The lowest BCUT2D eigenvalue weighted by Crippen LogP contribution is -2.68. The molecule has 4 N–H and O–H groups in total. The van der Waals surface area contributed by atoms with Crippen LogP contribution < -0.4 is 33.5 Å². The van der Waals surface area contributed by atoms with Crippen molar-refractivity contribution < 1.29 is 67.3 Å². The van der Waals surface area contributed by atoms with Gasteiger partial charge in [0, 0.05) is 11.6 Å². The van der Waals surface area contributed by atoms with E-state index in [1.165, 1.54) is 28.0 Å². The minimum atomic E-state index is -4.94. The van der Waals surface area contributed by atoms with Crippen LogP contribution in [0.5, 0.6) is 0 Å². The zero-order chi connectivity index (χ0) is 25.9. The smallest absolute Gasteiger partial charge is 0.291 e. The molecule has 192 valence electrons. The second kappa shape index (κ2) is 10.9. The minimum Gasteiger partial charge on any atom is -0.394 e. The van der Waals surface area contributed by atoms with Gasteiger partial charge >= 0.3 is 0 Å². The van der Waals surface area contributed by atoms with Crippen LogP contribution in [-0.4, -0.2) is 61.8 Å². The van der Waals surface area contributed by atoms with Gasteiger partial charge < -0.3 is 30.2 Å². The molecule has 0 saturated carbocycles. The topological polar surface area (TPSA) is 218 Å². The maximum atomic E-state index is 13.8. The van der Waals surface area contributed by atoms with Gasteiger partial charge in [-0.3, -0.25) is 4.57 Å². The van der Waals surface area contributed by atoms with E-state index < -0.39 is 53.0 Å². The van der Waals surface area contributed by atoms with E-state index in [0.717, 1.165) is 12.1 Å². The van der Waals surface area contributed by atoms with Crippen molar-refractivity contribution in [2.75, 3.05) is 19.0 Å². The average Bonchev–Trinajstić information content (AvgIpc) is 3.32. The number of fused-ring (bicyclic) bond motifs is 1. The summed E-state index contributed by atoms with van der Waals surface area (Å²) < 4.78 is 69.1. The number of aliphatic hydroxyl groups excluding tert-OH is 3. The van der Waals surface area contributed by atoms with Crippen LogP contribution in [-0.2, 0) is 11.3 Å². The van der Waals surface area contributed by atoms with Gasteiger partial charge in [-0.2, -0.15) is 0 Å². The van der Waals surface area contributed by atoms with Crippen molar-refractivity contribution >= 4 is 17.0 Å². The molecule has 1 aliphatic heterocycles. The average molecular weight is 524 g/mol. The molecule has 14 nitrogen and oxygen atoms in total. The molecular weight excluding hydrogens is 504 g/mol. The van der Waals surface area contributed by atoms with Crippen molar-refractivity contribution in [3.05, 3.63) is 48.1 Å². The number of aromatic nitrogens is 4. The van der Waals surface area contributed by atoms with Gasteiger partial charge in [-0.1, -0.05) is 9.71 Å². The van der Waals surface area contributed by atoms with E-state index in [4.69, 9.17) is 28.2 Å². The first-order valence-electron chi connectivity index (χ1n) is 9.71. The van der Waals surface area contributed by atoms with Crippen LogP contribution in [0.25, 0.3) is 11.2 Å². The highest BCUT2D eigenvalue weighted by Crippen LogP contribution is 2.31. The highest BCUT2D eigenvalue weighted by atomic mass is 35.7. The number of benzene rings is 1. The molecule has 1 aromatic carbocycles. The third kappa shape index (κ3) is 6.26. The second-order valence-corrected chi connectivity index (χ2v) is 7.86. The summed E-state index contributed by atoms with van der Waals surface area (Å²) in [6.45, 7) is -0.640. The number of nitrogens with zero attached hydrogens (tertiary/aromatic N) is 4. The lowest BCUT2D eigenvalue weighted by Gasteiger charge is -2.17. The molecule has 17 heteroatoms. The first-order chi connectivity index (χ1) is 16.4. The molecule has 3 heterocycles. The van der Waals surface area contributed by atoms with E-state index >= 15 is 0 Å². The van der Waals surface area contributed by atoms with E-state index in [9.17, 15) is 24.1 Å². The Kier molecular flexibility index (Phi) is 8.31. The van der Waals surface area contributed by atoms with Gasteiger partial charge in [-0.15, -0.1) is 10.2 Å². The molecular formula is C18H20ClF2N5O9. The summed E-state index contributed by atoms with van der Waals surface area (Å²) in [7, 11) is -3.32. The van der Waals surface area contributed by atoms with Crippen molar-refractivity contribution in [2.24, 2.45) is 0 Å². The molecule has 0 unspecified atom stereocenters. The Morgan fingerprint density at radius 2 is 1.89 bits per heavy atom. The summed E-state index contributed by atoms with van der Waals surface area (Å²) in [5.74, 6) is -1.03. The van der Waals surface area contributed by atoms with E-state index in [0.29, 0.717) is 17.0 Å². The Hall–Kier alpha value is -2.80. The van der Waals surface area contributed by atoms with E-state index in [-0.39, 0.29) is 12.2 Å². The SMILES string of the molecule is CNc1c2ncn([C@@H]3O[C@H](CO)[C@@H](O)[C@H]3O)c2nc[n+]1OCc1ccc(F)cc1F.[O-][Cl+3]([O-])([O-])[O-]. The number of aliphatic hydroxyl groups is 3. The number of rotatable bonds is 6. The van der Waals surface area contributed by atoms with Gasteiger partial charge in [-0.05, 0) is 12.1 Å². The number of hydrogen-bond donors (Lipinski definition) is 4. The van der Waals surface area contributed by atoms with Gasteiger partial charge in [0.2, 0.25) is 11.2 Å². The maximum absolute atomic E-state index is 13.8. The first kappa shape index (κ1) is 26.8. The fourth-order valence-electron chi connectivity index (χ4n) is 3.32. The van der Waals surface area contributed by atoms with Crippen LogP contribution in [0.1, 0.15) is 11.8 Å². The Bertz CT molecular complexity index is 1160. The summed E-state index contributed by atoms with van der Waals surface area (Å²) in [5.41, 5.74) is 0.836. The molecule has 0 aliphatic carbocycles. The predicted octanol–water partition coefficient (Wildman–Crippen LogP) is -5.48. The number of hydrogen-bond acceptors (Lipinski definition) is 12. The summed E-state index contributed by atoms with van der Waals surface area (Å²) in [4.78, 5) is 14.1. The van der Waals surface area contributed by atoms with Crippen LogP contribution in [0.2, 0.25) is 0 Å². The van der Waals surface area contributed by atoms with E-state index in [1.54, 1.807) is 7.05 Å². The molecule has 35 heavy (non-hydrogen) atoms. The second-order valence-electron chi connectivity index (χ2n) is 7.11. The summed E-state index contributed by atoms with van der Waals surface area (Å²) in [5, 5.41) is 32.4. The number of anilines is 1. The van der Waals surface area contributed by atoms with Crippen LogP contribution in [0.15, 0.2) is 30.9 Å². The highest BCUT2D eigenvalue weighted by molar-refractivity contribution is 5.80. The standard InChI is InChI=1S/C18H19F2N5O5.ClHO4/c1-21-16-13-17(24(7-22-13)18-15(28)14(27)12(5-26)30-18)23-8-25(16)29-6-9-2-3-10(19)4-11(9)20;2-1(3,4)5/h2-4,7-8,12,14-15,18,26-28H,5-6H2,1H3;(H,2,3,4,5)/t12-,14-,15-,18-;/m1./s1. The Morgan fingerprint density at radius 1 is 1.20 bits per heavy atom. The van der Waals surface area contributed by atoms with E-state index in [2.05, 4.69) is 15.3 Å². The summed E-state index contributed by atoms with van der Waals surface area (Å²) in [6, 6.07) is 3.19. The molecule has 4 atom stereocenters. The van der Waals surface area contributed by atoms with Gasteiger partial charge in [-0.25, -0.2) is 32.4 Å². The lowest BCUT2D eigenvalue weighted by atomic mass is 10.1. The highest BCUT2D eigenvalue weighted by Gasteiger charge is 2.44. The van der Waals surface area contributed by atoms with Crippen LogP contribution >= 0.6 is 0 Å². The fraction of sp³-hybridized carbons (Fsp3) is 0.389. The summed E-state index contributed by atoms with van der Waals surface area (Å²) >= 11 is 0. The zero-order valence-corrected chi connectivity index (χ0v) is 18.6. The van der Waals surface area contributed by atoms with Crippen molar-refractivity contribution in [2.45, 2.75) is 31.1 Å². The molecule has 0 bridgehead atoms. The fourth-order valence-corrected chi connectivity index (χ4v) is 3.32. The zero-order valence-electron chi connectivity index (χ0n) is 17.8. The predicted molar refractivity (Wildman–Crippen MR) is 96.9 cm³/mol. The molecule has 0 radical (unpaired) electrons. The van der Waals surface area contributed by atoms with Crippen LogP contribution in [0.4, 0.5) is 14.6 Å². The molecule has 3 aromatic rings. The normalized spacial score (nSPS) is 22.1. The van der Waals surface area contributed by atoms with E-state index in [1.807, 2.05) is 0 Å². The molecule has 1 aliphatic rings. The van der Waals surface area contributed by atoms with Gasteiger partial charge in [0.05, 0.1) is 13.7 Å². The quantitative estimate of drug-likeness (QED) is 0.222. The molecule has 0 amide bonds. The lowest BCUT2D eigenvalue weighted by molar-refractivity contribution is -2.00. The maximum Gasteiger partial charge on any atom is 0.291 e. The number of imidazole rings is 1. The third-order valence-electron chi connectivity index (χ3n) is 4.90. The van der Waals surface area contributed by atoms with Crippen LogP contribution in [0, 0.1) is 21.9 Å².